The maximum absolute atomic E-state index is 11.2. The van der Waals surface area contributed by atoms with Crippen LogP contribution >= 0.6 is 0 Å². The number of nitriles is 1. The number of carbonyl (C=O) groups is 1. The average molecular weight is 235 g/mol. The quantitative estimate of drug-likeness (QED) is 0.705. The molecule has 7 nitrogen and oxygen atoms in total. The van der Waals surface area contributed by atoms with Gasteiger partial charge in [-0.3, -0.25) is 0 Å². The summed E-state index contributed by atoms with van der Waals surface area (Å²) < 4.78 is 30.4. The smallest absolute Gasteiger partial charge is 0.421 e. The lowest BCUT2D eigenvalue weighted by atomic mass is 10.1. The SMILES string of the molecule is CCOC(=O)NS(=O)(=O)NC(C)(C)C#N. The van der Waals surface area contributed by atoms with Gasteiger partial charge in [-0.25, -0.2) is 9.52 Å². The third-order valence-corrected chi connectivity index (χ3v) is 2.38. The topological polar surface area (TPSA) is 108 Å². The minimum absolute atomic E-state index is 0.0585. The molecule has 0 saturated carbocycles. The molecule has 15 heavy (non-hydrogen) atoms. The zero-order chi connectivity index (χ0) is 12.1. The van der Waals surface area contributed by atoms with E-state index in [2.05, 4.69) is 4.74 Å². The summed E-state index contributed by atoms with van der Waals surface area (Å²) in [5.74, 6) is 0. The monoisotopic (exact) mass is 235 g/mol. The Morgan fingerprint density at radius 1 is 1.53 bits per heavy atom. The van der Waals surface area contributed by atoms with Gasteiger partial charge in [0.25, 0.3) is 0 Å². The third-order valence-electron chi connectivity index (χ3n) is 1.16. The van der Waals surface area contributed by atoms with Gasteiger partial charge in [0.1, 0.15) is 5.54 Å². The average Bonchev–Trinajstić information content (AvgIpc) is 2.01. The molecule has 0 radical (unpaired) electrons. The lowest BCUT2D eigenvalue weighted by Crippen LogP contribution is -2.49. The molecule has 0 rings (SSSR count). The van der Waals surface area contributed by atoms with Crippen LogP contribution in [0.4, 0.5) is 4.79 Å². The molecule has 0 aromatic carbocycles. The zero-order valence-electron chi connectivity index (χ0n) is 8.70. The van der Waals surface area contributed by atoms with E-state index >= 15 is 0 Å². The Balaban J connectivity index is 4.47. The molecule has 8 heteroatoms. The highest BCUT2D eigenvalue weighted by atomic mass is 32.2. The number of nitrogens with one attached hydrogen (secondary N) is 2. The molecule has 0 fully saturated rings. The molecular formula is C7H13N3O4S. The van der Waals surface area contributed by atoms with Gasteiger partial charge in [0.15, 0.2) is 0 Å². The van der Waals surface area contributed by atoms with Crippen LogP contribution in [0.1, 0.15) is 20.8 Å². The summed E-state index contributed by atoms with van der Waals surface area (Å²) in [6.07, 6.45) is -1.08. The van der Waals surface area contributed by atoms with Crippen molar-refractivity contribution in [2.24, 2.45) is 0 Å². The standard InChI is InChI=1S/C7H13N3O4S/c1-4-14-6(11)9-15(12,13)10-7(2,3)5-8/h10H,4H2,1-3H3,(H,9,11). The normalized spacial score (nSPS) is 11.6. The van der Waals surface area contributed by atoms with Crippen LogP contribution in [0.2, 0.25) is 0 Å². The molecule has 0 aliphatic heterocycles. The highest BCUT2D eigenvalue weighted by Crippen LogP contribution is 2.00. The van der Waals surface area contributed by atoms with Crippen molar-refractivity contribution in [2.45, 2.75) is 26.3 Å². The van der Waals surface area contributed by atoms with E-state index in [0.29, 0.717) is 0 Å². The number of ether oxygens (including phenoxy) is 1. The predicted octanol–water partition coefficient (Wildman–Crippen LogP) is -0.131. The van der Waals surface area contributed by atoms with Gasteiger partial charge in [0.2, 0.25) is 0 Å². The van der Waals surface area contributed by atoms with Crippen molar-refractivity contribution < 1.29 is 17.9 Å². The van der Waals surface area contributed by atoms with E-state index in [9.17, 15) is 13.2 Å². The van der Waals surface area contributed by atoms with Crippen LogP contribution < -0.4 is 9.44 Å². The summed E-state index contributed by atoms with van der Waals surface area (Å²) in [5.41, 5.74) is -1.29. The van der Waals surface area contributed by atoms with Crippen molar-refractivity contribution in [3.8, 4) is 6.07 Å². The van der Waals surface area contributed by atoms with Crippen molar-refractivity contribution >= 4 is 16.3 Å². The molecule has 0 aliphatic rings. The molecule has 0 atom stereocenters. The van der Waals surface area contributed by atoms with Crippen LogP contribution in [-0.4, -0.2) is 26.7 Å². The molecule has 0 saturated heterocycles. The Kier molecular flexibility index (Phi) is 4.51. The van der Waals surface area contributed by atoms with E-state index < -0.39 is 21.8 Å². The van der Waals surface area contributed by atoms with Crippen molar-refractivity contribution in [1.82, 2.24) is 9.44 Å². The highest BCUT2D eigenvalue weighted by molar-refractivity contribution is 7.88. The van der Waals surface area contributed by atoms with Crippen molar-refractivity contribution in [3.63, 3.8) is 0 Å². The fraction of sp³-hybridized carbons (Fsp3) is 0.714. The Bertz CT molecular complexity index is 368. The lowest BCUT2D eigenvalue weighted by Gasteiger charge is -2.17. The van der Waals surface area contributed by atoms with Gasteiger partial charge in [-0.2, -0.15) is 18.4 Å². The number of hydrogen-bond donors (Lipinski definition) is 2. The second kappa shape index (κ2) is 4.95. The molecule has 0 aromatic rings. The Hall–Kier alpha value is -1.33. The molecule has 2 N–H and O–H groups in total. The molecule has 0 aliphatic carbocycles. The fourth-order valence-electron chi connectivity index (χ4n) is 0.655. The first-order valence-corrected chi connectivity index (χ1v) is 5.60. The van der Waals surface area contributed by atoms with Gasteiger partial charge in [0.05, 0.1) is 12.7 Å². The van der Waals surface area contributed by atoms with Crippen molar-refractivity contribution in [2.75, 3.05) is 6.61 Å². The molecule has 0 spiro atoms. The largest absolute Gasteiger partial charge is 0.449 e. The van der Waals surface area contributed by atoms with Gasteiger partial charge in [-0.05, 0) is 20.8 Å². The Labute approximate surface area is 88.6 Å². The number of amides is 1. The van der Waals surface area contributed by atoms with E-state index in [1.54, 1.807) is 17.7 Å². The minimum Gasteiger partial charge on any atom is -0.449 e. The predicted molar refractivity (Wildman–Crippen MR) is 51.9 cm³/mol. The van der Waals surface area contributed by atoms with Gasteiger partial charge < -0.3 is 4.74 Å². The van der Waals surface area contributed by atoms with Gasteiger partial charge in [-0.15, -0.1) is 0 Å². The van der Waals surface area contributed by atoms with Gasteiger partial charge >= 0.3 is 16.3 Å². The van der Waals surface area contributed by atoms with E-state index in [1.165, 1.54) is 13.8 Å². The van der Waals surface area contributed by atoms with Crippen molar-refractivity contribution in [1.29, 1.82) is 5.26 Å². The number of hydrogen-bond acceptors (Lipinski definition) is 5. The molecule has 0 unspecified atom stereocenters. The van der Waals surface area contributed by atoms with Crippen molar-refractivity contribution in [3.05, 3.63) is 0 Å². The fourth-order valence-corrected chi connectivity index (χ4v) is 1.70. The summed E-state index contributed by atoms with van der Waals surface area (Å²) in [6, 6.07) is 1.72. The first-order chi connectivity index (χ1) is 6.72. The summed E-state index contributed by atoms with van der Waals surface area (Å²) in [6.45, 7) is 4.32. The Morgan fingerprint density at radius 2 is 2.07 bits per heavy atom. The molecule has 0 bridgehead atoms. The molecule has 0 aromatic heterocycles. The molecule has 1 amide bonds. The van der Waals surface area contributed by atoms with Gasteiger partial charge in [0, 0.05) is 0 Å². The van der Waals surface area contributed by atoms with Crippen LogP contribution in [0.25, 0.3) is 0 Å². The molecular weight excluding hydrogens is 222 g/mol. The highest BCUT2D eigenvalue weighted by Gasteiger charge is 2.25. The van der Waals surface area contributed by atoms with Crippen LogP contribution in [-0.2, 0) is 14.9 Å². The van der Waals surface area contributed by atoms with E-state index in [0.717, 1.165) is 0 Å². The number of rotatable bonds is 4. The van der Waals surface area contributed by atoms with Crippen LogP contribution in [0.15, 0.2) is 0 Å². The maximum atomic E-state index is 11.2. The van der Waals surface area contributed by atoms with E-state index in [1.807, 2.05) is 4.72 Å². The molecule has 0 heterocycles. The van der Waals surface area contributed by atoms with Gasteiger partial charge in [-0.1, -0.05) is 0 Å². The summed E-state index contributed by atoms with van der Waals surface area (Å²) in [7, 11) is -4.07. The first kappa shape index (κ1) is 13.7. The minimum atomic E-state index is -4.07. The van der Waals surface area contributed by atoms with Crippen LogP contribution in [0, 0.1) is 11.3 Å². The maximum Gasteiger partial charge on any atom is 0.421 e. The zero-order valence-corrected chi connectivity index (χ0v) is 9.51. The summed E-state index contributed by atoms with van der Waals surface area (Å²) in [5, 5.41) is 8.57. The second-order valence-corrected chi connectivity index (χ2v) is 4.58. The summed E-state index contributed by atoms with van der Waals surface area (Å²) >= 11 is 0. The van der Waals surface area contributed by atoms with E-state index in [4.69, 9.17) is 5.26 Å². The lowest BCUT2D eigenvalue weighted by molar-refractivity contribution is 0.158. The summed E-state index contributed by atoms with van der Waals surface area (Å²) in [4.78, 5) is 10.8. The van der Waals surface area contributed by atoms with Crippen LogP contribution in [0.5, 0.6) is 0 Å². The number of carbonyl (C=O) groups excluding carboxylic acids is 1. The van der Waals surface area contributed by atoms with Crippen LogP contribution in [0.3, 0.4) is 0 Å². The Morgan fingerprint density at radius 3 is 2.47 bits per heavy atom. The number of nitrogens with zero attached hydrogens (tertiary/aromatic N) is 1. The molecule has 86 valence electrons. The third kappa shape index (κ3) is 5.87. The van der Waals surface area contributed by atoms with E-state index in [-0.39, 0.29) is 6.61 Å². The first-order valence-electron chi connectivity index (χ1n) is 4.12. The second-order valence-electron chi connectivity index (χ2n) is 3.16.